The van der Waals surface area contributed by atoms with Crippen molar-refractivity contribution in [1.29, 1.82) is 0 Å². The number of hydrogen-bond donors (Lipinski definition) is 0. The molecule has 1 nitrogen and oxygen atoms in total. The summed E-state index contributed by atoms with van der Waals surface area (Å²) in [5.74, 6) is -0.00567. The monoisotopic (exact) mass is 638 g/mol. The van der Waals surface area contributed by atoms with Gasteiger partial charge in [-0.25, -0.2) is 0 Å². The van der Waals surface area contributed by atoms with Gasteiger partial charge in [0.1, 0.15) is 0 Å². The van der Waals surface area contributed by atoms with Crippen LogP contribution in [0.5, 0.6) is 0 Å². The Morgan fingerprint density at radius 3 is 0.860 bits per heavy atom. The maximum Gasteiger partial charge on any atom is 0.193 e. The molecule has 0 unspecified atom stereocenters. The second kappa shape index (κ2) is 13.9. The van der Waals surface area contributed by atoms with Crippen molar-refractivity contribution in [3.05, 3.63) is 217 Å². The van der Waals surface area contributed by atoms with Crippen LogP contribution in [0.4, 0.5) is 0 Å². The van der Waals surface area contributed by atoms with E-state index in [9.17, 15) is 4.79 Å². The predicted octanol–water partition coefficient (Wildman–Crippen LogP) is 12.9. The molecular weight excluding hydrogens is 605 g/mol. The van der Waals surface area contributed by atoms with Gasteiger partial charge in [-0.3, -0.25) is 4.79 Å². The molecule has 8 aromatic carbocycles. The van der Waals surface area contributed by atoms with Crippen molar-refractivity contribution < 1.29 is 4.79 Å². The zero-order chi connectivity index (χ0) is 33.7. The second-order valence-corrected chi connectivity index (χ2v) is 12.3. The standard InChI is InChI=1S/C49H34O/c50-49(40-31-17-6-18-32-40)42-34-20-19-33-41(42)48-46(38-27-13-4-14-28-38)44(36-23-9-2-10-24-36)43(35-21-7-1-8-22-35)45(37-25-11-3-12-26-37)47(48)39-29-15-5-16-30-39/h1-34H. The average Bonchev–Trinajstić information content (AvgIpc) is 3.21. The summed E-state index contributed by atoms with van der Waals surface area (Å²) in [5.41, 5.74) is 14.3. The minimum Gasteiger partial charge on any atom is -0.289 e. The van der Waals surface area contributed by atoms with E-state index in [0.29, 0.717) is 11.1 Å². The van der Waals surface area contributed by atoms with Gasteiger partial charge in [-0.15, -0.1) is 0 Å². The van der Waals surface area contributed by atoms with Crippen LogP contribution in [0.3, 0.4) is 0 Å². The van der Waals surface area contributed by atoms with Gasteiger partial charge in [-0.05, 0) is 66.8 Å². The Kier molecular flexibility index (Phi) is 8.54. The molecule has 0 heterocycles. The first kappa shape index (κ1) is 30.7. The highest BCUT2D eigenvalue weighted by atomic mass is 16.1. The lowest BCUT2D eigenvalue weighted by atomic mass is 9.73. The Labute approximate surface area is 293 Å². The van der Waals surface area contributed by atoms with Gasteiger partial charge in [-0.1, -0.05) is 206 Å². The summed E-state index contributed by atoms with van der Waals surface area (Å²) in [5, 5.41) is 0. The summed E-state index contributed by atoms with van der Waals surface area (Å²) in [6, 6.07) is 71.2. The molecule has 0 aliphatic rings. The topological polar surface area (TPSA) is 17.1 Å². The van der Waals surface area contributed by atoms with Gasteiger partial charge >= 0.3 is 0 Å². The minimum absolute atomic E-state index is 0.00567. The molecule has 8 rings (SSSR count). The van der Waals surface area contributed by atoms with Crippen molar-refractivity contribution in [2.75, 3.05) is 0 Å². The molecule has 0 atom stereocenters. The highest BCUT2D eigenvalue weighted by Gasteiger charge is 2.30. The predicted molar refractivity (Wildman–Crippen MR) is 209 cm³/mol. The van der Waals surface area contributed by atoms with E-state index in [-0.39, 0.29) is 5.78 Å². The second-order valence-electron chi connectivity index (χ2n) is 12.3. The first-order valence-electron chi connectivity index (χ1n) is 17.0. The van der Waals surface area contributed by atoms with Crippen molar-refractivity contribution in [3.8, 4) is 66.8 Å². The Bertz CT molecular complexity index is 2280. The fourth-order valence-corrected chi connectivity index (χ4v) is 7.13. The summed E-state index contributed by atoms with van der Waals surface area (Å²) < 4.78 is 0. The fourth-order valence-electron chi connectivity index (χ4n) is 7.13. The van der Waals surface area contributed by atoms with Crippen LogP contribution in [0.15, 0.2) is 206 Å². The molecule has 0 fully saturated rings. The van der Waals surface area contributed by atoms with Gasteiger partial charge in [-0.2, -0.15) is 0 Å². The molecular formula is C49H34O. The molecule has 8 aromatic rings. The molecule has 0 spiro atoms. The maximum absolute atomic E-state index is 14.5. The number of ketones is 1. The zero-order valence-corrected chi connectivity index (χ0v) is 27.5. The van der Waals surface area contributed by atoms with E-state index < -0.39 is 0 Å². The minimum atomic E-state index is -0.00567. The molecule has 1 heteroatoms. The van der Waals surface area contributed by atoms with Crippen LogP contribution in [0.2, 0.25) is 0 Å². The summed E-state index contributed by atoms with van der Waals surface area (Å²) >= 11 is 0. The Hall–Kier alpha value is -6.57. The van der Waals surface area contributed by atoms with Gasteiger partial charge < -0.3 is 0 Å². The Balaban J connectivity index is 1.66. The van der Waals surface area contributed by atoms with Gasteiger partial charge in [0.15, 0.2) is 5.78 Å². The summed E-state index contributed by atoms with van der Waals surface area (Å²) in [6.07, 6.45) is 0. The van der Waals surface area contributed by atoms with E-state index in [4.69, 9.17) is 0 Å². The Morgan fingerprint density at radius 2 is 0.520 bits per heavy atom. The van der Waals surface area contributed by atoms with E-state index in [1.165, 1.54) is 0 Å². The van der Waals surface area contributed by atoms with E-state index in [2.05, 4.69) is 164 Å². The molecule has 0 saturated heterocycles. The van der Waals surface area contributed by atoms with Gasteiger partial charge in [0, 0.05) is 11.1 Å². The maximum atomic E-state index is 14.5. The zero-order valence-electron chi connectivity index (χ0n) is 27.5. The number of benzene rings is 8. The molecule has 0 aromatic heterocycles. The van der Waals surface area contributed by atoms with Crippen LogP contribution in [-0.2, 0) is 0 Å². The molecule has 0 N–H and O–H groups in total. The molecule has 0 saturated carbocycles. The fraction of sp³-hybridized carbons (Fsp3) is 0. The first-order chi connectivity index (χ1) is 24.8. The van der Waals surface area contributed by atoms with E-state index in [1.807, 2.05) is 42.5 Å². The lowest BCUT2D eigenvalue weighted by molar-refractivity contribution is 0.103. The van der Waals surface area contributed by atoms with Crippen LogP contribution in [0.1, 0.15) is 15.9 Å². The molecule has 0 radical (unpaired) electrons. The normalized spacial score (nSPS) is 10.9. The van der Waals surface area contributed by atoms with E-state index >= 15 is 0 Å². The molecule has 0 amide bonds. The molecule has 50 heavy (non-hydrogen) atoms. The lowest BCUT2D eigenvalue weighted by Gasteiger charge is -2.29. The van der Waals surface area contributed by atoms with Crippen molar-refractivity contribution in [3.63, 3.8) is 0 Å². The van der Waals surface area contributed by atoms with Crippen LogP contribution in [0, 0.1) is 0 Å². The third-order valence-corrected chi connectivity index (χ3v) is 9.29. The first-order valence-corrected chi connectivity index (χ1v) is 17.0. The highest BCUT2D eigenvalue weighted by Crippen LogP contribution is 2.56. The van der Waals surface area contributed by atoms with Gasteiger partial charge in [0.25, 0.3) is 0 Å². The third-order valence-electron chi connectivity index (χ3n) is 9.29. The molecule has 0 aliphatic carbocycles. The van der Waals surface area contributed by atoms with E-state index in [1.54, 1.807) is 0 Å². The van der Waals surface area contributed by atoms with Crippen LogP contribution in [0.25, 0.3) is 66.8 Å². The van der Waals surface area contributed by atoms with Crippen molar-refractivity contribution >= 4 is 5.78 Å². The molecule has 0 bridgehead atoms. The number of hydrogen-bond acceptors (Lipinski definition) is 1. The lowest BCUT2D eigenvalue weighted by Crippen LogP contribution is -2.07. The SMILES string of the molecule is O=C(c1ccccc1)c1ccccc1-c1c(-c2ccccc2)c(-c2ccccc2)c(-c2ccccc2)c(-c2ccccc2)c1-c1ccccc1. The molecule has 236 valence electrons. The molecule has 0 aliphatic heterocycles. The summed E-state index contributed by atoms with van der Waals surface area (Å²) in [4.78, 5) is 14.5. The van der Waals surface area contributed by atoms with Crippen molar-refractivity contribution in [1.82, 2.24) is 0 Å². The summed E-state index contributed by atoms with van der Waals surface area (Å²) in [7, 11) is 0. The quantitative estimate of drug-likeness (QED) is 0.151. The van der Waals surface area contributed by atoms with Crippen LogP contribution < -0.4 is 0 Å². The van der Waals surface area contributed by atoms with Crippen LogP contribution >= 0.6 is 0 Å². The number of carbonyl (C=O) groups excluding carboxylic acids is 1. The van der Waals surface area contributed by atoms with Crippen molar-refractivity contribution in [2.45, 2.75) is 0 Å². The number of carbonyl (C=O) groups is 1. The Morgan fingerprint density at radius 1 is 0.260 bits per heavy atom. The smallest absolute Gasteiger partial charge is 0.193 e. The van der Waals surface area contributed by atoms with Gasteiger partial charge in [0.2, 0.25) is 0 Å². The van der Waals surface area contributed by atoms with Gasteiger partial charge in [0.05, 0.1) is 0 Å². The summed E-state index contributed by atoms with van der Waals surface area (Å²) in [6.45, 7) is 0. The highest BCUT2D eigenvalue weighted by molar-refractivity contribution is 6.19. The van der Waals surface area contributed by atoms with E-state index in [0.717, 1.165) is 66.8 Å². The van der Waals surface area contributed by atoms with Crippen molar-refractivity contribution in [2.24, 2.45) is 0 Å². The third kappa shape index (κ3) is 5.76. The largest absolute Gasteiger partial charge is 0.289 e. The number of rotatable bonds is 8. The average molecular weight is 639 g/mol. The van der Waals surface area contributed by atoms with Crippen LogP contribution in [-0.4, -0.2) is 5.78 Å².